The summed E-state index contributed by atoms with van der Waals surface area (Å²) in [5.74, 6) is -0.512. The van der Waals surface area contributed by atoms with E-state index in [0.717, 1.165) is 17.1 Å². The quantitative estimate of drug-likeness (QED) is 0.719. The molecule has 2 N–H and O–H groups in total. The maximum atomic E-state index is 12.7. The summed E-state index contributed by atoms with van der Waals surface area (Å²) in [6.45, 7) is 5.55. The first-order valence-electron chi connectivity index (χ1n) is 7.88. The first kappa shape index (κ1) is 20.4. The van der Waals surface area contributed by atoms with E-state index in [9.17, 15) is 18.0 Å². The summed E-state index contributed by atoms with van der Waals surface area (Å²) in [4.78, 5) is 12.5. The highest BCUT2D eigenvalue weighted by molar-refractivity contribution is 7.15. The van der Waals surface area contributed by atoms with Crippen LogP contribution in [0.25, 0.3) is 0 Å². The standard InChI is InChI=1S/C16H18ClF3N4OS/c1-4-12-23-24-15(26-12)22-14(25)13(8(2)3)21-11-6-5-9(7-10(11)17)16(18,19)20/h5-8,13,21H,4H2,1-3H3,(H,22,24,25)/t13-/m1/s1. The number of hydrogen-bond donors (Lipinski definition) is 2. The number of hydrogen-bond acceptors (Lipinski definition) is 5. The minimum Gasteiger partial charge on any atom is -0.372 e. The number of rotatable bonds is 6. The third kappa shape index (κ3) is 5.07. The van der Waals surface area contributed by atoms with E-state index in [1.54, 1.807) is 0 Å². The molecule has 0 spiro atoms. The lowest BCUT2D eigenvalue weighted by molar-refractivity contribution is -0.137. The van der Waals surface area contributed by atoms with Crippen LogP contribution in [0.15, 0.2) is 18.2 Å². The molecular weight excluding hydrogens is 389 g/mol. The Morgan fingerprint density at radius 2 is 2.00 bits per heavy atom. The van der Waals surface area contributed by atoms with Crippen LogP contribution in [-0.2, 0) is 17.4 Å². The van der Waals surface area contributed by atoms with Crippen LogP contribution in [0.3, 0.4) is 0 Å². The summed E-state index contributed by atoms with van der Waals surface area (Å²) < 4.78 is 38.2. The van der Waals surface area contributed by atoms with Gasteiger partial charge in [0.15, 0.2) is 0 Å². The van der Waals surface area contributed by atoms with Gasteiger partial charge in [-0.05, 0) is 30.5 Å². The third-order valence-corrected chi connectivity index (χ3v) is 4.85. The predicted molar refractivity (Wildman–Crippen MR) is 96.6 cm³/mol. The van der Waals surface area contributed by atoms with Crippen molar-refractivity contribution in [2.45, 2.75) is 39.4 Å². The van der Waals surface area contributed by atoms with Gasteiger partial charge in [0.2, 0.25) is 11.0 Å². The van der Waals surface area contributed by atoms with Crippen LogP contribution >= 0.6 is 22.9 Å². The Labute approximate surface area is 158 Å². The fourth-order valence-electron chi connectivity index (χ4n) is 2.14. The molecule has 1 atom stereocenters. The molecule has 0 saturated heterocycles. The Bertz CT molecular complexity index is 779. The van der Waals surface area contributed by atoms with Gasteiger partial charge in [0, 0.05) is 0 Å². The molecule has 0 aliphatic carbocycles. The smallest absolute Gasteiger partial charge is 0.372 e. The van der Waals surface area contributed by atoms with Crippen molar-refractivity contribution in [2.24, 2.45) is 5.92 Å². The fourth-order valence-corrected chi connectivity index (χ4v) is 3.06. The molecular formula is C16H18ClF3N4OS. The topological polar surface area (TPSA) is 66.9 Å². The fraction of sp³-hybridized carbons (Fsp3) is 0.438. The maximum absolute atomic E-state index is 12.7. The summed E-state index contributed by atoms with van der Waals surface area (Å²) >= 11 is 7.23. The van der Waals surface area contributed by atoms with E-state index in [2.05, 4.69) is 20.8 Å². The van der Waals surface area contributed by atoms with E-state index in [0.29, 0.717) is 11.6 Å². The van der Waals surface area contributed by atoms with E-state index in [-0.39, 0.29) is 22.5 Å². The normalized spacial score (nSPS) is 12.9. The summed E-state index contributed by atoms with van der Waals surface area (Å²) in [6.07, 6.45) is -3.77. The van der Waals surface area contributed by atoms with Crippen molar-refractivity contribution in [2.75, 3.05) is 10.6 Å². The highest BCUT2D eigenvalue weighted by Crippen LogP contribution is 2.34. The van der Waals surface area contributed by atoms with Crippen LogP contribution < -0.4 is 10.6 Å². The number of aryl methyl sites for hydroxylation is 1. The number of carbonyl (C=O) groups is 1. The molecule has 1 aromatic heterocycles. The van der Waals surface area contributed by atoms with E-state index in [4.69, 9.17) is 11.6 Å². The number of carbonyl (C=O) groups excluding carboxylic acids is 1. The van der Waals surface area contributed by atoms with Gasteiger partial charge < -0.3 is 5.32 Å². The second-order valence-corrected chi connectivity index (χ2v) is 7.37. The van der Waals surface area contributed by atoms with Gasteiger partial charge in [0.25, 0.3) is 0 Å². The molecule has 142 valence electrons. The van der Waals surface area contributed by atoms with Gasteiger partial charge in [0.1, 0.15) is 11.0 Å². The van der Waals surface area contributed by atoms with Gasteiger partial charge in [-0.1, -0.05) is 43.7 Å². The van der Waals surface area contributed by atoms with Crippen LogP contribution in [0.1, 0.15) is 31.3 Å². The van der Waals surface area contributed by atoms with Crippen molar-refractivity contribution in [3.05, 3.63) is 33.8 Å². The van der Waals surface area contributed by atoms with Crippen molar-refractivity contribution in [1.29, 1.82) is 0 Å². The minimum absolute atomic E-state index is 0.109. The molecule has 0 bridgehead atoms. The van der Waals surface area contributed by atoms with E-state index in [1.165, 1.54) is 17.4 Å². The molecule has 5 nitrogen and oxygen atoms in total. The van der Waals surface area contributed by atoms with Crippen molar-refractivity contribution in [3.63, 3.8) is 0 Å². The largest absolute Gasteiger partial charge is 0.416 e. The highest BCUT2D eigenvalue weighted by Gasteiger charge is 2.31. The second-order valence-electron chi connectivity index (χ2n) is 5.90. The Morgan fingerprint density at radius 3 is 2.50 bits per heavy atom. The number of benzene rings is 1. The minimum atomic E-state index is -4.48. The van der Waals surface area contributed by atoms with Crippen LogP contribution in [0.4, 0.5) is 24.0 Å². The number of nitrogens with zero attached hydrogens (tertiary/aromatic N) is 2. The number of nitrogens with one attached hydrogen (secondary N) is 2. The number of alkyl halides is 3. The summed E-state index contributed by atoms with van der Waals surface area (Å²) in [7, 11) is 0. The summed E-state index contributed by atoms with van der Waals surface area (Å²) in [5, 5.41) is 14.5. The number of amides is 1. The van der Waals surface area contributed by atoms with Gasteiger partial charge >= 0.3 is 6.18 Å². The van der Waals surface area contributed by atoms with Crippen molar-refractivity contribution in [3.8, 4) is 0 Å². The zero-order valence-corrected chi connectivity index (χ0v) is 15.9. The molecule has 26 heavy (non-hydrogen) atoms. The number of halogens is 4. The Balaban J connectivity index is 2.16. The molecule has 2 rings (SSSR count). The van der Waals surface area contributed by atoms with Gasteiger partial charge in [-0.25, -0.2) is 0 Å². The van der Waals surface area contributed by atoms with Crippen LogP contribution in [0, 0.1) is 5.92 Å². The Hall–Kier alpha value is -1.87. The van der Waals surface area contributed by atoms with Crippen LogP contribution in [-0.4, -0.2) is 22.1 Å². The average molecular weight is 407 g/mol. The molecule has 10 heteroatoms. The van der Waals surface area contributed by atoms with Crippen molar-refractivity contribution in [1.82, 2.24) is 10.2 Å². The molecule has 1 aromatic carbocycles. The first-order chi connectivity index (χ1) is 12.1. The van der Waals surface area contributed by atoms with Crippen LogP contribution in [0.2, 0.25) is 5.02 Å². The Kier molecular flexibility index (Phi) is 6.46. The molecule has 0 aliphatic heterocycles. The molecule has 0 fully saturated rings. The van der Waals surface area contributed by atoms with Gasteiger partial charge in [-0.2, -0.15) is 13.2 Å². The Morgan fingerprint density at radius 1 is 1.31 bits per heavy atom. The highest BCUT2D eigenvalue weighted by atomic mass is 35.5. The van der Waals surface area contributed by atoms with Gasteiger partial charge in [0.05, 0.1) is 16.3 Å². The van der Waals surface area contributed by atoms with E-state index >= 15 is 0 Å². The summed E-state index contributed by atoms with van der Waals surface area (Å²) in [6, 6.07) is 2.26. The monoisotopic (exact) mass is 406 g/mol. The molecule has 1 amide bonds. The van der Waals surface area contributed by atoms with E-state index < -0.39 is 17.8 Å². The molecule has 2 aromatic rings. The molecule has 0 radical (unpaired) electrons. The van der Waals surface area contributed by atoms with Crippen molar-refractivity contribution < 1.29 is 18.0 Å². The molecule has 0 aliphatic rings. The van der Waals surface area contributed by atoms with Crippen LogP contribution in [0.5, 0.6) is 0 Å². The lowest BCUT2D eigenvalue weighted by atomic mass is 10.0. The number of aromatic nitrogens is 2. The maximum Gasteiger partial charge on any atom is 0.416 e. The molecule has 1 heterocycles. The van der Waals surface area contributed by atoms with Gasteiger partial charge in [-0.3, -0.25) is 10.1 Å². The SMILES string of the molecule is CCc1nnc(NC(=O)[C@H](Nc2ccc(C(F)(F)F)cc2Cl)C(C)C)s1. The first-order valence-corrected chi connectivity index (χ1v) is 9.07. The summed E-state index contributed by atoms with van der Waals surface area (Å²) in [5.41, 5.74) is -0.598. The zero-order valence-electron chi connectivity index (χ0n) is 14.3. The average Bonchev–Trinajstić information content (AvgIpc) is 2.99. The number of anilines is 2. The molecule has 0 saturated carbocycles. The van der Waals surface area contributed by atoms with E-state index in [1.807, 2.05) is 20.8 Å². The predicted octanol–water partition coefficient (Wildman–Crippen LogP) is 4.85. The third-order valence-electron chi connectivity index (χ3n) is 3.56. The molecule has 0 unspecified atom stereocenters. The van der Waals surface area contributed by atoms with Crippen molar-refractivity contribution >= 4 is 39.7 Å². The van der Waals surface area contributed by atoms with Gasteiger partial charge in [-0.15, -0.1) is 10.2 Å². The second kappa shape index (κ2) is 8.22. The lowest BCUT2D eigenvalue weighted by Gasteiger charge is -2.23. The zero-order chi connectivity index (χ0) is 19.5. The lowest BCUT2D eigenvalue weighted by Crippen LogP contribution is -2.39.